The number of carbonyl (C=O) groups is 4. The van der Waals surface area contributed by atoms with E-state index in [0.29, 0.717) is 35.3 Å². The van der Waals surface area contributed by atoms with Crippen molar-refractivity contribution in [3.63, 3.8) is 0 Å². The van der Waals surface area contributed by atoms with Crippen LogP contribution >= 0.6 is 0 Å². The number of amides is 4. The van der Waals surface area contributed by atoms with Crippen molar-refractivity contribution in [3.05, 3.63) is 70.8 Å². The Hall–Kier alpha value is -3.48. The van der Waals surface area contributed by atoms with Gasteiger partial charge in [0.15, 0.2) is 0 Å². The number of fused-ring (bicyclic) bond motifs is 1. The van der Waals surface area contributed by atoms with Crippen molar-refractivity contribution in [1.82, 2.24) is 15.5 Å². The number of hydrogen-bond acceptors (Lipinski definition) is 4. The number of nitrogens with one attached hydrogen (secondary N) is 2. The molecule has 0 atom stereocenters. The molecule has 1 heterocycles. The van der Waals surface area contributed by atoms with Gasteiger partial charge in [-0.3, -0.25) is 24.1 Å². The van der Waals surface area contributed by atoms with Gasteiger partial charge < -0.3 is 10.6 Å². The third-order valence-corrected chi connectivity index (χ3v) is 6.09. The van der Waals surface area contributed by atoms with Crippen molar-refractivity contribution in [2.45, 2.75) is 38.6 Å². The van der Waals surface area contributed by atoms with Crippen molar-refractivity contribution < 1.29 is 19.2 Å². The van der Waals surface area contributed by atoms with Gasteiger partial charge in [0.25, 0.3) is 17.7 Å². The average molecular weight is 434 g/mol. The molecule has 0 aromatic heterocycles. The van der Waals surface area contributed by atoms with E-state index in [1.807, 2.05) is 0 Å². The van der Waals surface area contributed by atoms with Gasteiger partial charge in [-0.1, -0.05) is 43.5 Å². The largest absolute Gasteiger partial charge is 0.354 e. The number of rotatable bonds is 7. The minimum atomic E-state index is -0.325. The fraction of sp³-hybridized carbons (Fsp3) is 0.360. The number of nitrogens with zero attached hydrogens (tertiary/aromatic N) is 1. The highest BCUT2D eigenvalue weighted by atomic mass is 16.2. The molecule has 2 aromatic rings. The van der Waals surface area contributed by atoms with E-state index in [-0.39, 0.29) is 36.1 Å². The van der Waals surface area contributed by atoms with E-state index in [9.17, 15) is 19.2 Å². The highest BCUT2D eigenvalue weighted by molar-refractivity contribution is 6.21. The third-order valence-electron chi connectivity index (χ3n) is 6.09. The first-order valence-corrected chi connectivity index (χ1v) is 11.1. The lowest BCUT2D eigenvalue weighted by Crippen LogP contribution is -2.38. The second-order valence-electron chi connectivity index (χ2n) is 8.32. The molecule has 1 aliphatic carbocycles. The van der Waals surface area contributed by atoms with Crippen molar-refractivity contribution >= 4 is 23.6 Å². The fourth-order valence-electron chi connectivity index (χ4n) is 4.35. The lowest BCUT2D eigenvalue weighted by molar-refractivity contribution is -0.125. The molecular weight excluding hydrogens is 406 g/mol. The topological polar surface area (TPSA) is 95.6 Å². The number of carbonyl (C=O) groups excluding carboxylic acids is 4. The molecule has 2 N–H and O–H groups in total. The van der Waals surface area contributed by atoms with Gasteiger partial charge in [-0.25, -0.2) is 0 Å². The number of benzene rings is 2. The SMILES string of the molecule is O=C(NCCNC(=O)C1CCCCC1)c1cccc(CN2C(=O)c3ccccc3C2=O)c1. The van der Waals surface area contributed by atoms with Crippen LogP contribution in [-0.2, 0) is 11.3 Å². The van der Waals surface area contributed by atoms with Gasteiger partial charge >= 0.3 is 0 Å². The maximum atomic E-state index is 12.6. The van der Waals surface area contributed by atoms with Crippen molar-refractivity contribution in [2.75, 3.05) is 13.1 Å². The molecule has 4 rings (SSSR count). The summed E-state index contributed by atoms with van der Waals surface area (Å²) in [6, 6.07) is 13.6. The summed E-state index contributed by atoms with van der Waals surface area (Å²) in [4.78, 5) is 51.0. The Morgan fingerprint density at radius 2 is 1.50 bits per heavy atom. The van der Waals surface area contributed by atoms with Crippen LogP contribution < -0.4 is 10.6 Å². The predicted molar refractivity (Wildman–Crippen MR) is 119 cm³/mol. The van der Waals surface area contributed by atoms with E-state index >= 15 is 0 Å². The zero-order chi connectivity index (χ0) is 22.5. The fourth-order valence-corrected chi connectivity index (χ4v) is 4.35. The van der Waals surface area contributed by atoms with Gasteiger partial charge in [0.05, 0.1) is 17.7 Å². The summed E-state index contributed by atoms with van der Waals surface area (Å²) in [5.41, 5.74) is 1.94. The lowest BCUT2D eigenvalue weighted by atomic mass is 9.89. The van der Waals surface area contributed by atoms with Crippen molar-refractivity contribution in [1.29, 1.82) is 0 Å². The molecule has 0 unspecified atom stereocenters. The Bertz CT molecular complexity index is 1010. The quantitative estimate of drug-likeness (QED) is 0.518. The van der Waals surface area contributed by atoms with Crippen LogP contribution in [0, 0.1) is 5.92 Å². The standard InChI is InChI=1S/C25H27N3O4/c29-22(18-8-2-1-3-9-18)26-13-14-27-23(30)19-10-6-7-17(15-19)16-28-24(31)20-11-4-5-12-21(20)25(28)32/h4-7,10-12,15,18H,1-3,8-9,13-14,16H2,(H,26,29)(H,27,30). The molecule has 166 valence electrons. The summed E-state index contributed by atoms with van der Waals surface area (Å²) in [6.45, 7) is 0.820. The van der Waals surface area contributed by atoms with Crippen LogP contribution in [-0.4, -0.2) is 41.6 Å². The van der Waals surface area contributed by atoms with Crippen molar-refractivity contribution in [3.8, 4) is 0 Å². The van der Waals surface area contributed by atoms with Crippen LogP contribution in [0.15, 0.2) is 48.5 Å². The smallest absolute Gasteiger partial charge is 0.261 e. The highest BCUT2D eigenvalue weighted by Gasteiger charge is 2.35. The van der Waals surface area contributed by atoms with Crippen molar-refractivity contribution in [2.24, 2.45) is 5.92 Å². The molecule has 7 nitrogen and oxygen atoms in total. The minimum absolute atomic E-state index is 0.0712. The van der Waals surface area contributed by atoms with Gasteiger partial charge in [-0.05, 0) is 42.7 Å². The summed E-state index contributed by atoms with van der Waals surface area (Å²) < 4.78 is 0. The molecular formula is C25H27N3O4. The lowest BCUT2D eigenvalue weighted by Gasteiger charge is -2.20. The maximum Gasteiger partial charge on any atom is 0.261 e. The number of hydrogen-bond donors (Lipinski definition) is 2. The average Bonchev–Trinajstić information content (AvgIpc) is 3.07. The molecule has 2 aliphatic rings. The second-order valence-corrected chi connectivity index (χ2v) is 8.32. The Morgan fingerprint density at radius 1 is 0.844 bits per heavy atom. The van der Waals surface area contributed by atoms with Gasteiger partial charge in [0.2, 0.25) is 5.91 Å². The highest BCUT2D eigenvalue weighted by Crippen LogP contribution is 2.25. The van der Waals surface area contributed by atoms with Gasteiger partial charge in [-0.2, -0.15) is 0 Å². The summed E-state index contributed by atoms with van der Waals surface area (Å²) in [6.07, 6.45) is 5.29. The molecule has 2 aromatic carbocycles. The van der Waals surface area contributed by atoms with E-state index in [1.54, 1.807) is 48.5 Å². The maximum absolute atomic E-state index is 12.6. The van der Waals surface area contributed by atoms with Crippen LogP contribution in [0.5, 0.6) is 0 Å². The van der Waals surface area contributed by atoms with E-state index in [1.165, 1.54) is 11.3 Å². The zero-order valence-corrected chi connectivity index (χ0v) is 17.9. The minimum Gasteiger partial charge on any atom is -0.354 e. The molecule has 0 saturated heterocycles. The predicted octanol–water partition coefficient (Wildman–Crippen LogP) is 2.91. The van der Waals surface area contributed by atoms with Crippen LogP contribution in [0.25, 0.3) is 0 Å². The van der Waals surface area contributed by atoms with E-state index in [0.717, 1.165) is 25.7 Å². The molecule has 1 aliphatic heterocycles. The van der Waals surface area contributed by atoms with E-state index < -0.39 is 0 Å². The summed E-state index contributed by atoms with van der Waals surface area (Å²) in [5, 5.41) is 5.71. The molecule has 32 heavy (non-hydrogen) atoms. The first kappa shape index (κ1) is 21.7. The summed E-state index contributed by atoms with van der Waals surface area (Å²) in [7, 11) is 0. The molecule has 7 heteroatoms. The third kappa shape index (κ3) is 4.72. The second kappa shape index (κ2) is 9.77. The van der Waals surface area contributed by atoms with Gasteiger partial charge in [-0.15, -0.1) is 0 Å². The first-order chi connectivity index (χ1) is 15.5. The Balaban J connectivity index is 1.29. The Morgan fingerprint density at radius 3 is 2.19 bits per heavy atom. The van der Waals surface area contributed by atoms with Crippen LogP contribution in [0.1, 0.15) is 68.7 Å². The van der Waals surface area contributed by atoms with Crippen LogP contribution in [0.4, 0.5) is 0 Å². The van der Waals surface area contributed by atoms with Gasteiger partial charge in [0.1, 0.15) is 0 Å². The summed E-state index contributed by atoms with van der Waals surface area (Å²) >= 11 is 0. The first-order valence-electron chi connectivity index (χ1n) is 11.1. The Labute approximate surface area is 187 Å². The zero-order valence-electron chi connectivity index (χ0n) is 17.9. The molecule has 1 fully saturated rings. The van der Waals surface area contributed by atoms with Crippen LogP contribution in [0.2, 0.25) is 0 Å². The molecule has 0 bridgehead atoms. The van der Waals surface area contributed by atoms with Crippen LogP contribution in [0.3, 0.4) is 0 Å². The van der Waals surface area contributed by atoms with E-state index in [2.05, 4.69) is 10.6 Å². The Kier molecular flexibility index (Phi) is 6.63. The van der Waals surface area contributed by atoms with Gasteiger partial charge in [0, 0.05) is 24.6 Å². The molecule has 0 radical (unpaired) electrons. The summed E-state index contributed by atoms with van der Waals surface area (Å²) in [5.74, 6) is -0.746. The number of imide groups is 1. The monoisotopic (exact) mass is 433 g/mol. The molecule has 4 amide bonds. The molecule has 0 spiro atoms. The normalized spacial score (nSPS) is 16.1. The molecule has 1 saturated carbocycles. The van der Waals surface area contributed by atoms with E-state index in [4.69, 9.17) is 0 Å².